The van der Waals surface area contributed by atoms with E-state index in [1.54, 1.807) is 19.2 Å². The van der Waals surface area contributed by atoms with Gasteiger partial charge in [-0.1, -0.05) is 12.1 Å². The molecule has 0 aliphatic rings. The van der Waals surface area contributed by atoms with Gasteiger partial charge in [0, 0.05) is 0 Å². The fourth-order valence-corrected chi connectivity index (χ4v) is 1.86. The molecule has 0 aliphatic heterocycles. The monoisotopic (exact) mass is 299 g/mol. The van der Waals surface area contributed by atoms with Gasteiger partial charge < -0.3 is 14.5 Å². The molecule has 1 amide bonds. The van der Waals surface area contributed by atoms with E-state index in [0.29, 0.717) is 17.0 Å². The number of fused-ring (bicyclic) bond motifs is 1. The first-order valence-electron chi connectivity index (χ1n) is 6.47. The zero-order valence-corrected chi connectivity index (χ0v) is 11.7. The van der Waals surface area contributed by atoms with Crippen LogP contribution in [0.15, 0.2) is 36.9 Å². The van der Waals surface area contributed by atoms with Crippen molar-refractivity contribution in [2.45, 2.75) is 6.61 Å². The second-order valence-corrected chi connectivity index (χ2v) is 4.37. The number of imidazole rings is 1. The minimum absolute atomic E-state index is 0.146. The largest absolute Gasteiger partial charge is 0.497 e. The van der Waals surface area contributed by atoms with Gasteiger partial charge in [0.1, 0.15) is 24.2 Å². The number of rotatable bonds is 4. The molecular formula is C14H13N5O3. The number of carbonyl (C=O) groups is 1. The van der Waals surface area contributed by atoms with E-state index in [1.165, 1.54) is 12.7 Å². The number of ether oxygens (including phenoxy) is 2. The average Bonchev–Trinajstić information content (AvgIpc) is 3.03. The van der Waals surface area contributed by atoms with Gasteiger partial charge in [-0.25, -0.2) is 19.7 Å². The summed E-state index contributed by atoms with van der Waals surface area (Å²) in [4.78, 5) is 26.6. The van der Waals surface area contributed by atoms with Crippen LogP contribution in [0.5, 0.6) is 5.75 Å². The highest BCUT2D eigenvalue weighted by atomic mass is 16.5. The summed E-state index contributed by atoms with van der Waals surface area (Å²) in [7, 11) is 1.59. The van der Waals surface area contributed by atoms with Crippen molar-refractivity contribution in [3.05, 3.63) is 42.5 Å². The highest BCUT2D eigenvalue weighted by Gasteiger charge is 2.10. The summed E-state index contributed by atoms with van der Waals surface area (Å²) in [6.45, 7) is 0.146. The van der Waals surface area contributed by atoms with Crippen LogP contribution < -0.4 is 10.1 Å². The number of methoxy groups -OCH3 is 1. The maximum absolute atomic E-state index is 11.8. The Labute approximate surface area is 125 Å². The number of aromatic nitrogens is 4. The number of nitrogens with one attached hydrogen (secondary N) is 2. The lowest BCUT2D eigenvalue weighted by atomic mass is 10.2. The SMILES string of the molecule is COc1ccc(COC(=O)Nc2ncnc3nc[nH]c23)cc1. The topological polar surface area (TPSA) is 102 Å². The molecule has 22 heavy (non-hydrogen) atoms. The Bertz CT molecular complexity index is 785. The summed E-state index contributed by atoms with van der Waals surface area (Å²) < 4.78 is 10.2. The van der Waals surface area contributed by atoms with E-state index in [9.17, 15) is 4.79 Å². The Morgan fingerprint density at radius 1 is 1.23 bits per heavy atom. The smallest absolute Gasteiger partial charge is 0.413 e. The Morgan fingerprint density at radius 2 is 2.05 bits per heavy atom. The fraction of sp³-hybridized carbons (Fsp3) is 0.143. The van der Waals surface area contributed by atoms with Crippen LogP contribution in [0.25, 0.3) is 11.2 Å². The Morgan fingerprint density at radius 3 is 2.82 bits per heavy atom. The molecule has 112 valence electrons. The number of amides is 1. The molecular weight excluding hydrogens is 286 g/mol. The molecule has 0 aliphatic carbocycles. The van der Waals surface area contributed by atoms with E-state index in [4.69, 9.17) is 9.47 Å². The molecule has 1 aromatic carbocycles. The lowest BCUT2D eigenvalue weighted by Gasteiger charge is -2.07. The van der Waals surface area contributed by atoms with Crippen molar-refractivity contribution in [3.63, 3.8) is 0 Å². The van der Waals surface area contributed by atoms with Gasteiger partial charge >= 0.3 is 6.09 Å². The minimum Gasteiger partial charge on any atom is -0.497 e. The molecule has 2 heterocycles. The van der Waals surface area contributed by atoms with Crippen molar-refractivity contribution in [2.24, 2.45) is 0 Å². The molecule has 0 saturated carbocycles. The molecule has 0 spiro atoms. The van der Waals surface area contributed by atoms with Gasteiger partial charge in [-0.2, -0.15) is 0 Å². The highest BCUT2D eigenvalue weighted by Crippen LogP contribution is 2.15. The van der Waals surface area contributed by atoms with E-state index in [-0.39, 0.29) is 6.61 Å². The number of aromatic amines is 1. The molecule has 2 N–H and O–H groups in total. The molecule has 0 atom stereocenters. The summed E-state index contributed by atoms with van der Waals surface area (Å²) in [5.74, 6) is 1.07. The van der Waals surface area contributed by atoms with Crippen molar-refractivity contribution < 1.29 is 14.3 Å². The van der Waals surface area contributed by atoms with Crippen LogP contribution >= 0.6 is 0 Å². The van der Waals surface area contributed by atoms with Crippen molar-refractivity contribution >= 4 is 23.1 Å². The molecule has 0 radical (unpaired) electrons. The third kappa shape index (κ3) is 2.95. The van der Waals surface area contributed by atoms with E-state index >= 15 is 0 Å². The van der Waals surface area contributed by atoms with E-state index < -0.39 is 6.09 Å². The van der Waals surface area contributed by atoms with Crippen LogP contribution in [0, 0.1) is 0 Å². The van der Waals surface area contributed by atoms with Gasteiger partial charge in [0.2, 0.25) is 0 Å². The van der Waals surface area contributed by atoms with Crippen LogP contribution in [0.2, 0.25) is 0 Å². The molecule has 0 fully saturated rings. The standard InChI is InChI=1S/C14H13N5O3/c1-21-10-4-2-9(3-5-10)6-22-14(20)19-13-11-12(16-7-15-11)17-8-18-13/h2-5,7-8H,6H2,1H3,(H2,15,16,17,18,19,20). The van der Waals surface area contributed by atoms with Gasteiger partial charge in [-0.05, 0) is 17.7 Å². The second-order valence-electron chi connectivity index (χ2n) is 4.37. The molecule has 2 aromatic heterocycles. The van der Waals surface area contributed by atoms with Crippen molar-refractivity contribution in [1.82, 2.24) is 19.9 Å². The van der Waals surface area contributed by atoms with Gasteiger partial charge in [0.15, 0.2) is 11.5 Å². The number of hydrogen-bond acceptors (Lipinski definition) is 6. The summed E-state index contributed by atoms with van der Waals surface area (Å²) in [6.07, 6.45) is 2.19. The van der Waals surface area contributed by atoms with Crippen molar-refractivity contribution in [3.8, 4) is 5.75 Å². The maximum atomic E-state index is 11.8. The lowest BCUT2D eigenvalue weighted by molar-refractivity contribution is 0.155. The third-order valence-electron chi connectivity index (χ3n) is 2.97. The fourth-order valence-electron chi connectivity index (χ4n) is 1.86. The predicted octanol–water partition coefficient (Wildman–Crippen LogP) is 2.11. The first-order chi connectivity index (χ1) is 10.8. The van der Waals surface area contributed by atoms with Gasteiger partial charge in [-0.15, -0.1) is 0 Å². The van der Waals surface area contributed by atoms with Gasteiger partial charge in [0.25, 0.3) is 0 Å². The number of carbonyl (C=O) groups excluding carboxylic acids is 1. The van der Waals surface area contributed by atoms with Crippen molar-refractivity contribution in [1.29, 1.82) is 0 Å². The predicted molar refractivity (Wildman–Crippen MR) is 78.5 cm³/mol. The molecule has 8 heteroatoms. The van der Waals surface area contributed by atoms with Crippen LogP contribution in [0.3, 0.4) is 0 Å². The Kier molecular flexibility index (Phi) is 3.82. The molecule has 0 saturated heterocycles. The molecule has 8 nitrogen and oxygen atoms in total. The number of anilines is 1. The molecule has 3 rings (SSSR count). The summed E-state index contributed by atoms with van der Waals surface area (Å²) in [5.41, 5.74) is 1.87. The molecule has 3 aromatic rings. The first kappa shape index (κ1) is 13.8. The number of hydrogen-bond donors (Lipinski definition) is 2. The quantitative estimate of drug-likeness (QED) is 0.765. The maximum Gasteiger partial charge on any atom is 0.413 e. The van der Waals surface area contributed by atoms with Crippen LogP contribution in [-0.2, 0) is 11.3 Å². The van der Waals surface area contributed by atoms with Crippen LogP contribution in [0.1, 0.15) is 5.56 Å². The normalized spacial score (nSPS) is 10.4. The third-order valence-corrected chi connectivity index (χ3v) is 2.97. The average molecular weight is 299 g/mol. The van der Waals surface area contributed by atoms with E-state index in [2.05, 4.69) is 25.3 Å². The summed E-state index contributed by atoms with van der Waals surface area (Å²) >= 11 is 0. The van der Waals surface area contributed by atoms with Gasteiger partial charge in [-0.3, -0.25) is 5.32 Å². The molecule has 0 bridgehead atoms. The van der Waals surface area contributed by atoms with E-state index in [0.717, 1.165) is 11.3 Å². The Balaban J connectivity index is 1.61. The summed E-state index contributed by atoms with van der Waals surface area (Å²) in [6, 6.07) is 7.25. The number of benzene rings is 1. The highest BCUT2D eigenvalue weighted by molar-refractivity contribution is 5.92. The second kappa shape index (κ2) is 6.08. The van der Waals surface area contributed by atoms with Crippen molar-refractivity contribution in [2.75, 3.05) is 12.4 Å². The number of nitrogens with zero attached hydrogens (tertiary/aromatic N) is 3. The summed E-state index contributed by atoms with van der Waals surface area (Å²) in [5, 5.41) is 2.56. The zero-order valence-electron chi connectivity index (χ0n) is 11.7. The van der Waals surface area contributed by atoms with E-state index in [1.807, 2.05) is 12.1 Å². The van der Waals surface area contributed by atoms with Gasteiger partial charge in [0.05, 0.1) is 13.4 Å². The zero-order chi connectivity index (χ0) is 15.4. The van der Waals surface area contributed by atoms with Crippen LogP contribution in [-0.4, -0.2) is 33.1 Å². The lowest BCUT2D eigenvalue weighted by Crippen LogP contribution is -2.15. The molecule has 0 unspecified atom stereocenters. The Hall–Kier alpha value is -3.16. The first-order valence-corrected chi connectivity index (χ1v) is 6.47. The number of H-pyrrole nitrogens is 1. The minimum atomic E-state index is -0.606. The van der Waals surface area contributed by atoms with Crippen LogP contribution in [0.4, 0.5) is 10.6 Å².